The lowest BCUT2D eigenvalue weighted by Gasteiger charge is -2.41. The first-order valence-electron chi connectivity index (χ1n) is 21.1. The highest BCUT2D eigenvalue weighted by Crippen LogP contribution is 2.64. The molecule has 2 atom stereocenters. The van der Waals surface area contributed by atoms with Crippen molar-refractivity contribution in [3.05, 3.63) is 186 Å². The first kappa shape index (κ1) is 33.8. The van der Waals surface area contributed by atoms with Gasteiger partial charge in [0.1, 0.15) is 11.2 Å². The summed E-state index contributed by atoms with van der Waals surface area (Å²) in [5.74, 6) is 1.68. The second-order valence-corrected chi connectivity index (χ2v) is 17.6. The van der Waals surface area contributed by atoms with Gasteiger partial charge in [0.15, 0.2) is 5.82 Å². The van der Waals surface area contributed by atoms with Crippen LogP contribution in [0.1, 0.15) is 74.1 Å². The Morgan fingerprint density at radius 2 is 1.28 bits per heavy atom. The minimum absolute atomic E-state index is 0.0878. The van der Waals surface area contributed by atoms with E-state index in [0.717, 1.165) is 50.0 Å². The molecule has 0 aliphatic heterocycles. The highest BCUT2D eigenvalue weighted by Gasteiger charge is 2.53. The maximum absolute atomic E-state index is 6.72. The van der Waals surface area contributed by atoms with Crippen molar-refractivity contribution < 1.29 is 4.42 Å². The lowest BCUT2D eigenvalue weighted by Crippen LogP contribution is -2.35. The largest absolute Gasteiger partial charge is 0.455 e. The molecule has 1 saturated carbocycles. The topological polar surface area (TPSA) is 38.9 Å². The van der Waals surface area contributed by atoms with Gasteiger partial charge in [-0.3, -0.25) is 0 Å². The fourth-order valence-corrected chi connectivity index (χ4v) is 11.4. The molecule has 0 amide bonds. The van der Waals surface area contributed by atoms with E-state index in [4.69, 9.17) is 14.4 Å². The van der Waals surface area contributed by atoms with Crippen LogP contribution in [0, 0.1) is 5.92 Å². The zero-order chi connectivity index (χ0) is 38.6. The van der Waals surface area contributed by atoms with Gasteiger partial charge in [0.25, 0.3) is 0 Å². The molecule has 0 bridgehead atoms. The summed E-state index contributed by atoms with van der Waals surface area (Å²) in [7, 11) is 0. The van der Waals surface area contributed by atoms with Crippen molar-refractivity contribution in [3.8, 4) is 45.0 Å². The smallest absolute Gasteiger partial charge is 0.160 e. The number of para-hydroxylation sites is 1. The molecule has 2 heterocycles. The second-order valence-electron chi connectivity index (χ2n) is 17.6. The Bertz CT molecular complexity index is 2960. The van der Waals surface area contributed by atoms with Gasteiger partial charge in [0.05, 0.1) is 11.4 Å². The Balaban J connectivity index is 0.948. The monoisotopic (exact) mass is 748 g/mol. The van der Waals surface area contributed by atoms with E-state index in [2.05, 4.69) is 147 Å². The summed E-state index contributed by atoms with van der Waals surface area (Å²) in [6, 6.07) is 52.4. The average molecular weight is 749 g/mol. The molecule has 12 rings (SSSR count). The summed E-state index contributed by atoms with van der Waals surface area (Å²) in [5.41, 5.74) is 18.1. The van der Waals surface area contributed by atoms with E-state index in [1.54, 1.807) is 11.1 Å². The van der Waals surface area contributed by atoms with Crippen molar-refractivity contribution in [1.82, 2.24) is 9.97 Å². The molecular formula is C55H44N2O. The summed E-state index contributed by atoms with van der Waals surface area (Å²) in [6.45, 7) is 4.88. The number of hydrogen-bond acceptors (Lipinski definition) is 3. The molecule has 0 N–H and O–H groups in total. The highest BCUT2D eigenvalue weighted by molar-refractivity contribution is 6.10. The van der Waals surface area contributed by atoms with Crippen molar-refractivity contribution in [2.24, 2.45) is 5.92 Å². The average Bonchev–Trinajstić information content (AvgIpc) is 3.86. The Kier molecular flexibility index (Phi) is 7.33. The molecule has 8 aromatic rings. The Morgan fingerprint density at radius 3 is 2.10 bits per heavy atom. The molecule has 280 valence electrons. The first-order valence-corrected chi connectivity index (χ1v) is 21.1. The maximum Gasteiger partial charge on any atom is 0.160 e. The molecule has 2 aromatic heterocycles. The van der Waals surface area contributed by atoms with Crippen LogP contribution in [0.15, 0.2) is 168 Å². The first-order chi connectivity index (χ1) is 28.5. The van der Waals surface area contributed by atoms with E-state index in [9.17, 15) is 0 Å². The fourth-order valence-electron chi connectivity index (χ4n) is 11.4. The zero-order valence-corrected chi connectivity index (χ0v) is 33.0. The van der Waals surface area contributed by atoms with E-state index in [1.165, 1.54) is 65.5 Å². The SMILES string of the molecule is CC1(C)C2=CC3c4ccccc4C4(CCCCC4)C3C=C2c2ccc(-c3ccc4oc5c(-c6cc(-c7ccccc7)nc(-c7ccccc7)n6)cccc5c4c3)cc21. The molecule has 58 heavy (non-hydrogen) atoms. The van der Waals surface area contributed by atoms with Crippen LogP contribution in [0.5, 0.6) is 0 Å². The van der Waals surface area contributed by atoms with E-state index in [1.807, 2.05) is 24.3 Å². The minimum atomic E-state index is -0.0878. The van der Waals surface area contributed by atoms with Gasteiger partial charge < -0.3 is 4.42 Å². The summed E-state index contributed by atoms with van der Waals surface area (Å²) in [4.78, 5) is 10.2. The Hall–Kier alpha value is -6.32. The van der Waals surface area contributed by atoms with Gasteiger partial charge in [-0.1, -0.05) is 161 Å². The minimum Gasteiger partial charge on any atom is -0.455 e. The lowest BCUT2D eigenvalue weighted by atomic mass is 9.62. The molecular weight excluding hydrogens is 705 g/mol. The predicted octanol–water partition coefficient (Wildman–Crippen LogP) is 14.3. The second kappa shape index (κ2) is 12.6. The van der Waals surface area contributed by atoms with Crippen molar-refractivity contribution in [1.29, 1.82) is 0 Å². The Morgan fingerprint density at radius 1 is 0.552 bits per heavy atom. The normalized spacial score (nSPS) is 19.7. The van der Waals surface area contributed by atoms with Crippen LogP contribution in [0.2, 0.25) is 0 Å². The standard InChI is InChI=1S/C55H44N2O/c1-54(2)46-30-37(23-25-39(46)42-32-48-43(31-47(42)54)38-19-10-11-22-45(38)55(48)27-12-5-13-28-55)36-24-26-51-44(29-36)40-20-14-21-41(52(40)58-51)50-33-49(34-15-6-3-7-16-34)56-53(57-50)35-17-8-4-9-18-35/h3-4,6-11,14-26,29-33,43,48H,5,12-13,27-28H2,1-2H3. The fraction of sp³-hybridized carbons (Fsp3) is 0.200. The van der Waals surface area contributed by atoms with Crippen molar-refractivity contribution in [2.45, 2.75) is 62.7 Å². The Labute approximate surface area is 339 Å². The van der Waals surface area contributed by atoms with E-state index in [0.29, 0.717) is 17.7 Å². The molecule has 3 nitrogen and oxygen atoms in total. The molecule has 4 aliphatic rings. The van der Waals surface area contributed by atoms with Gasteiger partial charge >= 0.3 is 0 Å². The number of allylic oxidation sites excluding steroid dienone is 4. The molecule has 3 heteroatoms. The number of rotatable bonds is 4. The molecule has 4 aliphatic carbocycles. The number of nitrogens with zero attached hydrogens (tertiary/aromatic N) is 2. The zero-order valence-electron chi connectivity index (χ0n) is 33.0. The van der Waals surface area contributed by atoms with Gasteiger partial charge in [-0.05, 0) is 93.6 Å². The summed E-state index contributed by atoms with van der Waals surface area (Å²) in [5, 5.41) is 2.19. The third kappa shape index (κ3) is 4.92. The number of benzene rings is 6. The third-order valence-electron chi connectivity index (χ3n) is 14.2. The van der Waals surface area contributed by atoms with Gasteiger partial charge in [0, 0.05) is 44.2 Å². The van der Waals surface area contributed by atoms with Crippen LogP contribution in [-0.4, -0.2) is 9.97 Å². The third-order valence-corrected chi connectivity index (χ3v) is 14.2. The summed E-state index contributed by atoms with van der Waals surface area (Å²) in [6.07, 6.45) is 12.1. The summed E-state index contributed by atoms with van der Waals surface area (Å²) < 4.78 is 6.72. The van der Waals surface area contributed by atoms with Crippen LogP contribution in [0.3, 0.4) is 0 Å². The van der Waals surface area contributed by atoms with Crippen molar-refractivity contribution in [3.63, 3.8) is 0 Å². The number of aromatic nitrogens is 2. The van der Waals surface area contributed by atoms with Crippen LogP contribution in [-0.2, 0) is 10.8 Å². The van der Waals surface area contributed by atoms with Crippen LogP contribution in [0.4, 0.5) is 0 Å². The maximum atomic E-state index is 6.72. The van der Waals surface area contributed by atoms with Crippen LogP contribution in [0.25, 0.3) is 72.5 Å². The van der Waals surface area contributed by atoms with Crippen LogP contribution >= 0.6 is 0 Å². The quantitative estimate of drug-likeness (QED) is 0.180. The molecule has 1 fully saturated rings. The van der Waals surface area contributed by atoms with Crippen LogP contribution < -0.4 is 0 Å². The number of fused-ring (bicyclic) bond motifs is 11. The highest BCUT2D eigenvalue weighted by atomic mass is 16.3. The lowest BCUT2D eigenvalue weighted by molar-refractivity contribution is 0.233. The van der Waals surface area contributed by atoms with Gasteiger partial charge in [0.2, 0.25) is 0 Å². The van der Waals surface area contributed by atoms with Gasteiger partial charge in [-0.25, -0.2) is 9.97 Å². The summed E-state index contributed by atoms with van der Waals surface area (Å²) >= 11 is 0. The number of hydrogen-bond donors (Lipinski definition) is 0. The van der Waals surface area contributed by atoms with Gasteiger partial charge in [-0.15, -0.1) is 0 Å². The molecule has 0 radical (unpaired) electrons. The molecule has 1 spiro atoms. The van der Waals surface area contributed by atoms with Gasteiger partial charge in [-0.2, -0.15) is 0 Å². The van der Waals surface area contributed by atoms with E-state index >= 15 is 0 Å². The van der Waals surface area contributed by atoms with E-state index in [-0.39, 0.29) is 10.8 Å². The van der Waals surface area contributed by atoms with Crippen molar-refractivity contribution >= 4 is 27.5 Å². The van der Waals surface area contributed by atoms with E-state index < -0.39 is 0 Å². The number of furan rings is 1. The predicted molar refractivity (Wildman–Crippen MR) is 238 cm³/mol. The molecule has 6 aromatic carbocycles. The molecule has 0 saturated heterocycles. The molecule has 2 unspecified atom stereocenters. The van der Waals surface area contributed by atoms with Crippen molar-refractivity contribution in [2.75, 3.05) is 0 Å².